The number of benzene rings is 6. The first kappa shape index (κ1) is 35.8. The van der Waals surface area contributed by atoms with Gasteiger partial charge in [0.25, 0.3) is 0 Å². The summed E-state index contributed by atoms with van der Waals surface area (Å²) in [7, 11) is 1.84. The van der Waals surface area contributed by atoms with Crippen LogP contribution in [0.25, 0.3) is 56.1 Å². The summed E-state index contributed by atoms with van der Waals surface area (Å²) < 4.78 is 0. The molecule has 2 unspecified atom stereocenters. The lowest BCUT2D eigenvalue weighted by molar-refractivity contribution is 0.773. The predicted molar refractivity (Wildman–Crippen MR) is 241 cm³/mol. The molecule has 0 amide bonds. The van der Waals surface area contributed by atoms with Crippen molar-refractivity contribution in [2.75, 3.05) is 7.05 Å². The number of hydrogen-bond acceptors (Lipinski definition) is 4. The molecule has 2 aliphatic rings. The molecule has 0 spiro atoms. The van der Waals surface area contributed by atoms with Gasteiger partial charge in [-0.2, -0.15) is 0 Å². The molecule has 1 N–H and O–H groups in total. The van der Waals surface area contributed by atoms with E-state index in [1.807, 2.05) is 50.5 Å². The van der Waals surface area contributed by atoms with Gasteiger partial charge in [0.05, 0.1) is 23.1 Å². The molecule has 0 saturated carbocycles. The Morgan fingerprint density at radius 3 is 2.23 bits per heavy atom. The lowest BCUT2D eigenvalue weighted by atomic mass is 9.82. The second-order valence-electron chi connectivity index (χ2n) is 14.8. The third-order valence-corrected chi connectivity index (χ3v) is 11.2. The third-order valence-electron chi connectivity index (χ3n) is 11.2. The Balaban J connectivity index is 1.21. The molecule has 4 heteroatoms. The number of pyridine rings is 1. The van der Waals surface area contributed by atoms with Gasteiger partial charge in [-0.05, 0) is 123 Å². The van der Waals surface area contributed by atoms with E-state index in [-0.39, 0.29) is 6.04 Å². The van der Waals surface area contributed by atoms with E-state index in [0.717, 1.165) is 62.7 Å². The van der Waals surface area contributed by atoms with Crippen molar-refractivity contribution in [2.45, 2.75) is 32.2 Å². The minimum atomic E-state index is -0.125. The SMILES string of the molecule is C/C=C\C(=N/C)c1ccc(C2C=C(c3ccc(-c4ccccn4)cc3)N=C(c3cc(-c4cccc5c4C(C)CC=C5)cc(-c4cccc5ccccc45)c3)N2)cc1. The van der Waals surface area contributed by atoms with Crippen molar-refractivity contribution in [3.63, 3.8) is 0 Å². The average molecular weight is 737 g/mol. The number of rotatable bonds is 8. The van der Waals surface area contributed by atoms with E-state index < -0.39 is 0 Å². The van der Waals surface area contributed by atoms with Gasteiger partial charge < -0.3 is 5.32 Å². The van der Waals surface area contributed by atoms with Gasteiger partial charge in [0.2, 0.25) is 0 Å². The smallest absolute Gasteiger partial charge is 0.134 e. The highest BCUT2D eigenvalue weighted by atomic mass is 15.0. The number of amidine groups is 1. The van der Waals surface area contributed by atoms with Crippen molar-refractivity contribution in [1.82, 2.24) is 10.3 Å². The molecule has 0 radical (unpaired) electrons. The molecule has 276 valence electrons. The Morgan fingerprint density at radius 2 is 1.44 bits per heavy atom. The predicted octanol–water partition coefficient (Wildman–Crippen LogP) is 12.9. The van der Waals surface area contributed by atoms with Crippen LogP contribution in [0, 0.1) is 0 Å². The highest BCUT2D eigenvalue weighted by molar-refractivity contribution is 6.09. The lowest BCUT2D eigenvalue weighted by Gasteiger charge is -2.26. The fourth-order valence-electron chi connectivity index (χ4n) is 8.29. The van der Waals surface area contributed by atoms with Gasteiger partial charge in [-0.1, -0.05) is 140 Å². The van der Waals surface area contributed by atoms with Gasteiger partial charge >= 0.3 is 0 Å². The molecule has 4 nitrogen and oxygen atoms in total. The van der Waals surface area contributed by atoms with Crippen molar-refractivity contribution in [2.24, 2.45) is 9.98 Å². The summed E-state index contributed by atoms with van der Waals surface area (Å²) >= 11 is 0. The van der Waals surface area contributed by atoms with E-state index in [2.05, 4.69) is 168 Å². The minimum absolute atomic E-state index is 0.125. The van der Waals surface area contributed by atoms with Crippen LogP contribution in [0.4, 0.5) is 0 Å². The van der Waals surface area contributed by atoms with Gasteiger partial charge in [-0.15, -0.1) is 0 Å². The van der Waals surface area contributed by atoms with Crippen molar-refractivity contribution in [3.05, 3.63) is 209 Å². The van der Waals surface area contributed by atoms with Crippen molar-refractivity contribution in [3.8, 4) is 33.5 Å². The van der Waals surface area contributed by atoms with E-state index >= 15 is 0 Å². The highest BCUT2D eigenvalue weighted by Crippen LogP contribution is 2.40. The summed E-state index contributed by atoms with van der Waals surface area (Å²) in [4.78, 5) is 14.5. The number of nitrogens with zero attached hydrogens (tertiary/aromatic N) is 3. The van der Waals surface area contributed by atoms with Crippen LogP contribution in [0.3, 0.4) is 0 Å². The van der Waals surface area contributed by atoms with Gasteiger partial charge in [0.1, 0.15) is 5.84 Å². The average Bonchev–Trinajstić information content (AvgIpc) is 3.28. The van der Waals surface area contributed by atoms with E-state index in [1.54, 1.807) is 0 Å². The fourth-order valence-corrected chi connectivity index (χ4v) is 8.29. The van der Waals surface area contributed by atoms with Crippen LogP contribution in [0.5, 0.6) is 0 Å². The van der Waals surface area contributed by atoms with Gasteiger partial charge in [0.15, 0.2) is 0 Å². The number of fused-ring (bicyclic) bond motifs is 2. The monoisotopic (exact) mass is 736 g/mol. The maximum Gasteiger partial charge on any atom is 0.134 e. The zero-order valence-electron chi connectivity index (χ0n) is 32.5. The largest absolute Gasteiger partial charge is 0.359 e. The summed E-state index contributed by atoms with van der Waals surface area (Å²) in [5.41, 5.74) is 15.7. The third kappa shape index (κ3) is 7.18. The molecule has 2 atom stereocenters. The normalized spacial score (nSPS) is 16.6. The van der Waals surface area contributed by atoms with Crippen LogP contribution in [-0.4, -0.2) is 23.6 Å². The van der Waals surface area contributed by atoms with Gasteiger partial charge in [0, 0.05) is 24.4 Å². The molecule has 6 aromatic carbocycles. The number of nitrogens with one attached hydrogen (secondary N) is 1. The Labute approximate surface area is 335 Å². The van der Waals surface area contributed by atoms with E-state index in [9.17, 15) is 0 Å². The number of allylic oxidation sites excluding steroid dienone is 3. The van der Waals surface area contributed by atoms with Crippen LogP contribution in [0.2, 0.25) is 0 Å². The van der Waals surface area contributed by atoms with Gasteiger partial charge in [-0.3, -0.25) is 9.98 Å². The van der Waals surface area contributed by atoms with Crippen LogP contribution in [-0.2, 0) is 0 Å². The van der Waals surface area contributed by atoms with Gasteiger partial charge in [-0.25, -0.2) is 4.99 Å². The second-order valence-corrected chi connectivity index (χ2v) is 14.8. The molecule has 2 heterocycles. The molecule has 1 aliphatic carbocycles. The standard InChI is InChI=1S/C53H44N4/c1-4-12-48(54-3)37-22-26-39(27-23-37)50-34-51(40-28-24-38(25-29-40)49-21-7-8-30-55-49)57-53(56-50)44-32-42(46-19-10-15-36-14-5-6-18-45(36)46)31-43(33-44)47-20-11-17-41-16-9-13-35(2)52(41)47/h4-12,14-35,50H,13H2,1-3H3,(H,56,57)/b12-4-,54-48+. The van der Waals surface area contributed by atoms with E-state index in [0.29, 0.717) is 5.92 Å². The summed E-state index contributed by atoms with van der Waals surface area (Å²) in [5.74, 6) is 1.25. The van der Waals surface area contributed by atoms with Crippen molar-refractivity contribution >= 4 is 34.1 Å². The van der Waals surface area contributed by atoms with Crippen LogP contribution >= 0.6 is 0 Å². The summed E-state index contributed by atoms with van der Waals surface area (Å²) in [6.45, 7) is 4.36. The van der Waals surface area contributed by atoms with Crippen LogP contribution in [0.1, 0.15) is 65.6 Å². The van der Waals surface area contributed by atoms with E-state index in [1.165, 1.54) is 38.6 Å². The molecule has 9 rings (SSSR count). The fraction of sp³-hybridized carbons (Fsp3) is 0.113. The second kappa shape index (κ2) is 15.7. The van der Waals surface area contributed by atoms with E-state index in [4.69, 9.17) is 4.99 Å². The maximum atomic E-state index is 5.43. The molecule has 0 fully saturated rings. The molecule has 1 aliphatic heterocycles. The summed E-state index contributed by atoms with van der Waals surface area (Å²) in [6, 6.07) is 52.2. The Bertz CT molecular complexity index is 2750. The molecule has 1 aromatic heterocycles. The Kier molecular flexibility index (Phi) is 9.84. The molecule has 7 aromatic rings. The Morgan fingerprint density at radius 1 is 0.719 bits per heavy atom. The van der Waals surface area contributed by atoms with Crippen LogP contribution in [0.15, 0.2) is 186 Å². The number of hydrogen-bond donors (Lipinski definition) is 1. The van der Waals surface area contributed by atoms with Crippen molar-refractivity contribution < 1.29 is 0 Å². The minimum Gasteiger partial charge on any atom is -0.359 e. The zero-order chi connectivity index (χ0) is 38.7. The Hall–Kier alpha value is -6.91. The topological polar surface area (TPSA) is 49.6 Å². The maximum absolute atomic E-state index is 5.43. The van der Waals surface area contributed by atoms with Crippen LogP contribution < -0.4 is 5.32 Å². The quantitative estimate of drug-likeness (QED) is 0.158. The summed E-state index contributed by atoms with van der Waals surface area (Å²) in [5, 5.41) is 6.34. The highest BCUT2D eigenvalue weighted by Gasteiger charge is 2.23. The molecule has 0 bridgehead atoms. The number of aromatic nitrogens is 1. The summed E-state index contributed by atoms with van der Waals surface area (Å²) in [6.07, 6.45) is 13.8. The first-order chi connectivity index (χ1) is 28.1. The first-order valence-corrected chi connectivity index (χ1v) is 19.8. The zero-order valence-corrected chi connectivity index (χ0v) is 32.5. The molecular formula is C53H44N4. The first-order valence-electron chi connectivity index (χ1n) is 19.8. The molecule has 0 saturated heterocycles. The molecule has 57 heavy (non-hydrogen) atoms. The number of aliphatic imine (C=N–C) groups is 2. The van der Waals surface area contributed by atoms with Crippen molar-refractivity contribution in [1.29, 1.82) is 0 Å². The lowest BCUT2D eigenvalue weighted by Crippen LogP contribution is -2.31. The molecular weight excluding hydrogens is 693 g/mol.